The SMILES string of the molecule is Cc1ccc(Oc2cc([C@@H](C)O)ccn2)c([N+](=O)[O-])c1. The van der Waals surface area contributed by atoms with Crippen molar-refractivity contribution in [3.05, 3.63) is 57.8 Å². The van der Waals surface area contributed by atoms with Gasteiger partial charge in [-0.15, -0.1) is 0 Å². The van der Waals surface area contributed by atoms with Gasteiger partial charge in [0.25, 0.3) is 0 Å². The topological polar surface area (TPSA) is 85.5 Å². The zero-order valence-corrected chi connectivity index (χ0v) is 11.1. The maximum absolute atomic E-state index is 11.0. The molecule has 0 saturated carbocycles. The molecule has 104 valence electrons. The molecule has 0 spiro atoms. The second kappa shape index (κ2) is 5.66. The van der Waals surface area contributed by atoms with Gasteiger partial charge >= 0.3 is 5.69 Å². The van der Waals surface area contributed by atoms with Crippen molar-refractivity contribution in [3.8, 4) is 11.6 Å². The van der Waals surface area contributed by atoms with Crippen molar-refractivity contribution in [1.29, 1.82) is 0 Å². The standard InChI is InChI=1S/C14H14N2O4/c1-9-3-4-13(12(7-9)16(18)19)20-14-8-11(10(2)17)5-6-15-14/h3-8,10,17H,1-2H3/t10-/m1/s1. The highest BCUT2D eigenvalue weighted by Gasteiger charge is 2.16. The maximum Gasteiger partial charge on any atom is 0.311 e. The molecule has 0 aliphatic heterocycles. The van der Waals surface area contributed by atoms with E-state index in [4.69, 9.17) is 4.74 Å². The number of aryl methyl sites for hydroxylation is 1. The number of hydrogen-bond donors (Lipinski definition) is 1. The molecule has 1 heterocycles. The first kappa shape index (κ1) is 14.0. The number of nitro groups is 1. The minimum atomic E-state index is -0.659. The van der Waals surface area contributed by atoms with Gasteiger partial charge in [0.05, 0.1) is 11.0 Å². The van der Waals surface area contributed by atoms with Gasteiger partial charge in [-0.3, -0.25) is 10.1 Å². The Labute approximate surface area is 115 Å². The second-order valence-electron chi connectivity index (χ2n) is 4.43. The predicted molar refractivity (Wildman–Crippen MR) is 72.8 cm³/mol. The molecule has 0 fully saturated rings. The van der Waals surface area contributed by atoms with Gasteiger partial charge in [0.1, 0.15) is 0 Å². The number of nitro benzene ring substituents is 1. The highest BCUT2D eigenvalue weighted by molar-refractivity contribution is 5.49. The predicted octanol–water partition coefficient (Wildman–Crippen LogP) is 3.14. The molecule has 0 saturated heterocycles. The summed E-state index contributed by atoms with van der Waals surface area (Å²) in [6, 6.07) is 7.90. The quantitative estimate of drug-likeness (QED) is 0.683. The molecule has 0 bridgehead atoms. The smallest absolute Gasteiger partial charge is 0.311 e. The summed E-state index contributed by atoms with van der Waals surface area (Å²) in [5.74, 6) is 0.325. The van der Waals surface area contributed by atoms with Crippen LogP contribution >= 0.6 is 0 Å². The maximum atomic E-state index is 11.0. The zero-order chi connectivity index (χ0) is 14.7. The van der Waals surface area contributed by atoms with Crippen molar-refractivity contribution in [2.75, 3.05) is 0 Å². The van der Waals surface area contributed by atoms with Crippen LogP contribution in [0.3, 0.4) is 0 Å². The van der Waals surface area contributed by atoms with Crippen molar-refractivity contribution in [1.82, 2.24) is 4.98 Å². The normalized spacial score (nSPS) is 11.9. The number of benzene rings is 1. The minimum Gasteiger partial charge on any atom is -0.432 e. The molecule has 0 radical (unpaired) electrons. The molecule has 2 aromatic rings. The number of hydrogen-bond acceptors (Lipinski definition) is 5. The van der Waals surface area contributed by atoms with E-state index in [9.17, 15) is 15.2 Å². The molecular weight excluding hydrogens is 260 g/mol. The number of nitrogens with zero attached hydrogens (tertiary/aromatic N) is 2. The van der Waals surface area contributed by atoms with Crippen molar-refractivity contribution in [3.63, 3.8) is 0 Å². The summed E-state index contributed by atoms with van der Waals surface area (Å²) in [6.07, 6.45) is 0.825. The van der Waals surface area contributed by atoms with Crippen LogP contribution in [0, 0.1) is 17.0 Å². The van der Waals surface area contributed by atoms with Crippen LogP contribution in [-0.4, -0.2) is 15.0 Å². The lowest BCUT2D eigenvalue weighted by Gasteiger charge is -2.08. The molecule has 20 heavy (non-hydrogen) atoms. The molecule has 6 heteroatoms. The third-order valence-electron chi connectivity index (χ3n) is 2.77. The molecule has 1 atom stereocenters. The van der Waals surface area contributed by atoms with Gasteiger partial charge < -0.3 is 9.84 Å². The van der Waals surface area contributed by atoms with Gasteiger partial charge in [-0.2, -0.15) is 0 Å². The third kappa shape index (κ3) is 3.10. The van der Waals surface area contributed by atoms with E-state index in [-0.39, 0.29) is 17.3 Å². The number of rotatable bonds is 4. The van der Waals surface area contributed by atoms with Crippen molar-refractivity contribution in [2.24, 2.45) is 0 Å². The molecule has 1 aromatic heterocycles. The van der Waals surface area contributed by atoms with E-state index in [0.717, 1.165) is 5.56 Å². The van der Waals surface area contributed by atoms with E-state index < -0.39 is 11.0 Å². The Morgan fingerprint density at radius 1 is 1.35 bits per heavy atom. The summed E-state index contributed by atoms with van der Waals surface area (Å²) in [4.78, 5) is 14.5. The average molecular weight is 274 g/mol. The molecule has 6 nitrogen and oxygen atoms in total. The fourth-order valence-electron chi connectivity index (χ4n) is 1.71. The number of ether oxygens (including phenoxy) is 1. The van der Waals surface area contributed by atoms with Gasteiger partial charge in [0, 0.05) is 18.3 Å². The molecule has 0 unspecified atom stereocenters. The first-order valence-corrected chi connectivity index (χ1v) is 6.04. The molecule has 0 aliphatic rings. The molecule has 1 aromatic carbocycles. The summed E-state index contributed by atoms with van der Waals surface area (Å²) >= 11 is 0. The Hall–Kier alpha value is -2.47. The first-order chi connectivity index (χ1) is 9.47. The van der Waals surface area contributed by atoms with Crippen LogP contribution in [0.4, 0.5) is 5.69 Å². The van der Waals surface area contributed by atoms with Crippen LogP contribution < -0.4 is 4.74 Å². The Morgan fingerprint density at radius 2 is 2.10 bits per heavy atom. The van der Waals surface area contributed by atoms with E-state index in [2.05, 4.69) is 4.98 Å². The van der Waals surface area contributed by atoms with E-state index >= 15 is 0 Å². The van der Waals surface area contributed by atoms with Gasteiger partial charge in [-0.1, -0.05) is 6.07 Å². The van der Waals surface area contributed by atoms with Crippen molar-refractivity contribution < 1.29 is 14.8 Å². The van der Waals surface area contributed by atoms with Crippen LogP contribution in [0.25, 0.3) is 0 Å². The first-order valence-electron chi connectivity index (χ1n) is 6.04. The van der Waals surface area contributed by atoms with E-state index in [1.807, 2.05) is 0 Å². The molecule has 0 aliphatic carbocycles. The molecular formula is C14H14N2O4. The fourth-order valence-corrected chi connectivity index (χ4v) is 1.71. The summed E-state index contributed by atoms with van der Waals surface area (Å²) < 4.78 is 5.45. The van der Waals surface area contributed by atoms with Crippen molar-refractivity contribution >= 4 is 5.69 Å². The highest BCUT2D eigenvalue weighted by Crippen LogP contribution is 2.31. The summed E-state index contributed by atoms with van der Waals surface area (Å²) in [7, 11) is 0. The van der Waals surface area contributed by atoms with Crippen LogP contribution in [-0.2, 0) is 0 Å². The van der Waals surface area contributed by atoms with Gasteiger partial charge in [0.15, 0.2) is 0 Å². The number of aliphatic hydroxyl groups excluding tert-OH is 1. The Kier molecular flexibility index (Phi) is 3.95. The molecule has 1 N–H and O–H groups in total. The van der Waals surface area contributed by atoms with E-state index in [1.54, 1.807) is 32.0 Å². The molecule has 0 amide bonds. The lowest BCUT2D eigenvalue weighted by atomic mass is 10.2. The van der Waals surface area contributed by atoms with Gasteiger partial charge in [0.2, 0.25) is 11.6 Å². The average Bonchev–Trinajstić information content (AvgIpc) is 2.41. The largest absolute Gasteiger partial charge is 0.432 e. The Bertz CT molecular complexity index is 641. The van der Waals surface area contributed by atoms with E-state index in [0.29, 0.717) is 5.56 Å². The minimum absolute atomic E-state index is 0.116. The van der Waals surface area contributed by atoms with Crippen LogP contribution in [0.15, 0.2) is 36.5 Å². The van der Waals surface area contributed by atoms with Crippen LogP contribution in [0.1, 0.15) is 24.2 Å². The lowest BCUT2D eigenvalue weighted by Crippen LogP contribution is -1.97. The second-order valence-corrected chi connectivity index (χ2v) is 4.43. The van der Waals surface area contributed by atoms with Gasteiger partial charge in [-0.05, 0) is 37.1 Å². The highest BCUT2D eigenvalue weighted by atomic mass is 16.6. The van der Waals surface area contributed by atoms with Crippen LogP contribution in [0.5, 0.6) is 11.6 Å². The molecule has 2 rings (SSSR count). The lowest BCUT2D eigenvalue weighted by molar-refractivity contribution is -0.385. The summed E-state index contributed by atoms with van der Waals surface area (Å²) in [6.45, 7) is 3.39. The fraction of sp³-hybridized carbons (Fsp3) is 0.214. The van der Waals surface area contributed by atoms with Gasteiger partial charge in [-0.25, -0.2) is 4.98 Å². The summed E-state index contributed by atoms with van der Waals surface area (Å²) in [5, 5.41) is 20.5. The third-order valence-corrected chi connectivity index (χ3v) is 2.77. The zero-order valence-electron chi connectivity index (χ0n) is 11.1. The van der Waals surface area contributed by atoms with Crippen LogP contribution in [0.2, 0.25) is 0 Å². The van der Waals surface area contributed by atoms with Crippen molar-refractivity contribution in [2.45, 2.75) is 20.0 Å². The summed E-state index contributed by atoms with van der Waals surface area (Å²) in [5.41, 5.74) is 1.29. The number of aromatic nitrogens is 1. The number of pyridine rings is 1. The Balaban J connectivity index is 2.35. The number of aliphatic hydroxyl groups is 1. The Morgan fingerprint density at radius 3 is 2.75 bits per heavy atom. The van der Waals surface area contributed by atoms with E-state index in [1.165, 1.54) is 18.3 Å². The monoisotopic (exact) mass is 274 g/mol.